The van der Waals surface area contributed by atoms with Crippen molar-refractivity contribution in [2.24, 2.45) is 11.8 Å². The van der Waals surface area contributed by atoms with E-state index in [-0.39, 0.29) is 0 Å². The Balaban J connectivity index is 1.73. The third-order valence-corrected chi connectivity index (χ3v) is 3.98. The molecule has 1 aliphatic heterocycles. The Morgan fingerprint density at radius 2 is 1.57 bits per heavy atom. The third-order valence-electron chi connectivity index (χ3n) is 3.98. The van der Waals surface area contributed by atoms with E-state index >= 15 is 0 Å². The van der Waals surface area contributed by atoms with Crippen LogP contribution in [0.15, 0.2) is 0 Å². The van der Waals surface area contributed by atoms with E-state index in [9.17, 15) is 0 Å². The normalized spacial score (nSPS) is 36.6. The number of hydrogen-bond acceptors (Lipinski definition) is 1. The molecule has 1 heterocycles. The number of hydrogen-bond donors (Lipinski definition) is 0. The molecule has 0 radical (unpaired) electrons. The van der Waals surface area contributed by atoms with Crippen LogP contribution in [0.2, 0.25) is 0 Å². The first-order valence-corrected chi connectivity index (χ1v) is 6.55. The van der Waals surface area contributed by atoms with Crippen molar-refractivity contribution in [1.82, 2.24) is 4.90 Å². The molecule has 0 aromatic carbocycles. The van der Waals surface area contributed by atoms with Crippen LogP contribution >= 0.6 is 0 Å². The molecule has 2 atom stereocenters. The topological polar surface area (TPSA) is 3.24 Å². The van der Waals surface area contributed by atoms with E-state index in [1.165, 1.54) is 64.5 Å². The summed E-state index contributed by atoms with van der Waals surface area (Å²) in [5.41, 5.74) is 0. The highest BCUT2D eigenvalue weighted by Gasteiger charge is 2.36. The lowest BCUT2D eigenvalue weighted by Crippen LogP contribution is -2.22. The number of fused-ring (bicyclic) bond motifs is 1. The molecule has 1 saturated heterocycles. The first kappa shape index (κ1) is 10.5. The van der Waals surface area contributed by atoms with Crippen molar-refractivity contribution < 1.29 is 0 Å². The van der Waals surface area contributed by atoms with Gasteiger partial charge in [0.05, 0.1) is 0 Å². The third kappa shape index (κ3) is 3.27. The van der Waals surface area contributed by atoms with Gasteiger partial charge in [0.25, 0.3) is 0 Å². The Kier molecular flexibility index (Phi) is 3.86. The summed E-state index contributed by atoms with van der Waals surface area (Å²) >= 11 is 0. The molecular formula is C13H25N. The van der Waals surface area contributed by atoms with Crippen LogP contribution in [0.4, 0.5) is 0 Å². The van der Waals surface area contributed by atoms with Crippen LogP contribution in [-0.2, 0) is 0 Å². The van der Waals surface area contributed by atoms with Crippen molar-refractivity contribution >= 4 is 0 Å². The fourth-order valence-electron chi connectivity index (χ4n) is 2.87. The fourth-order valence-corrected chi connectivity index (χ4v) is 2.87. The van der Waals surface area contributed by atoms with E-state index in [0.717, 1.165) is 11.8 Å². The van der Waals surface area contributed by atoms with Gasteiger partial charge in [-0.2, -0.15) is 0 Å². The van der Waals surface area contributed by atoms with Crippen LogP contribution in [0.1, 0.15) is 51.4 Å². The van der Waals surface area contributed by atoms with Gasteiger partial charge >= 0.3 is 0 Å². The average Bonchev–Trinajstić information content (AvgIpc) is 2.86. The molecule has 14 heavy (non-hydrogen) atoms. The summed E-state index contributed by atoms with van der Waals surface area (Å²) in [7, 11) is 2.31. The van der Waals surface area contributed by atoms with Crippen LogP contribution in [0, 0.1) is 11.8 Å². The summed E-state index contributed by atoms with van der Waals surface area (Å²) < 4.78 is 0. The van der Waals surface area contributed by atoms with Gasteiger partial charge in [-0.25, -0.2) is 0 Å². The van der Waals surface area contributed by atoms with Gasteiger partial charge < -0.3 is 4.90 Å². The van der Waals surface area contributed by atoms with E-state index in [1.807, 2.05) is 0 Å². The molecule has 0 aromatic rings. The molecule has 0 aromatic heterocycles. The maximum Gasteiger partial charge on any atom is 0.000936 e. The van der Waals surface area contributed by atoms with Gasteiger partial charge in [-0.15, -0.1) is 0 Å². The minimum Gasteiger partial charge on any atom is -0.306 e. The van der Waals surface area contributed by atoms with Crippen molar-refractivity contribution in [1.29, 1.82) is 0 Å². The Labute approximate surface area is 88.9 Å². The minimum absolute atomic E-state index is 1.07. The van der Waals surface area contributed by atoms with Crippen LogP contribution in [0.5, 0.6) is 0 Å². The van der Waals surface area contributed by atoms with Crippen LogP contribution in [0.3, 0.4) is 0 Å². The fraction of sp³-hybridized carbons (Fsp3) is 1.00. The van der Waals surface area contributed by atoms with Crippen LogP contribution < -0.4 is 0 Å². The van der Waals surface area contributed by atoms with Crippen molar-refractivity contribution in [3.63, 3.8) is 0 Å². The molecule has 0 spiro atoms. The van der Waals surface area contributed by atoms with Crippen LogP contribution in [-0.4, -0.2) is 25.0 Å². The zero-order valence-electron chi connectivity index (χ0n) is 9.67. The first-order chi connectivity index (χ1) is 6.86. The molecule has 0 bridgehead atoms. The monoisotopic (exact) mass is 195 g/mol. The van der Waals surface area contributed by atoms with E-state index in [4.69, 9.17) is 0 Å². The number of rotatable bonds is 0. The Morgan fingerprint density at radius 3 is 2.43 bits per heavy atom. The minimum atomic E-state index is 1.07. The van der Waals surface area contributed by atoms with Crippen molar-refractivity contribution in [3.8, 4) is 0 Å². The van der Waals surface area contributed by atoms with Gasteiger partial charge in [-0.1, -0.05) is 38.5 Å². The van der Waals surface area contributed by atoms with Crippen molar-refractivity contribution in [2.45, 2.75) is 51.4 Å². The number of nitrogens with zero attached hydrogens (tertiary/aromatic N) is 1. The highest BCUT2D eigenvalue weighted by atomic mass is 15.1. The maximum atomic E-state index is 2.56. The average molecular weight is 195 g/mol. The first-order valence-electron chi connectivity index (χ1n) is 6.55. The molecule has 2 unspecified atom stereocenters. The lowest BCUT2D eigenvalue weighted by atomic mass is 10.1. The summed E-state index contributed by atoms with van der Waals surface area (Å²) in [4.78, 5) is 2.56. The van der Waals surface area contributed by atoms with Gasteiger partial charge in [0.2, 0.25) is 0 Å². The standard InChI is InChI=1S/C13H25N/c1-14-9-7-5-3-2-4-6-8-12-10-13(12)11-14/h12-13H,2-11H2,1H3. The second kappa shape index (κ2) is 5.16. The van der Waals surface area contributed by atoms with Gasteiger partial charge in [0.1, 0.15) is 0 Å². The second-order valence-electron chi connectivity index (χ2n) is 5.43. The lowest BCUT2D eigenvalue weighted by Gasteiger charge is -2.17. The molecule has 0 N–H and O–H groups in total. The zero-order chi connectivity index (χ0) is 9.80. The van der Waals surface area contributed by atoms with Gasteiger partial charge in [0.15, 0.2) is 0 Å². The molecule has 2 rings (SSSR count). The quantitative estimate of drug-likeness (QED) is 0.573. The SMILES string of the molecule is CN1CCCCCCCCC2CC2C1. The predicted molar refractivity (Wildman–Crippen MR) is 61.4 cm³/mol. The Morgan fingerprint density at radius 1 is 0.857 bits per heavy atom. The molecule has 2 aliphatic rings. The van der Waals surface area contributed by atoms with Crippen LogP contribution in [0.25, 0.3) is 0 Å². The van der Waals surface area contributed by atoms with E-state index in [2.05, 4.69) is 11.9 Å². The van der Waals surface area contributed by atoms with Crippen molar-refractivity contribution in [3.05, 3.63) is 0 Å². The Hall–Kier alpha value is -0.0400. The maximum absolute atomic E-state index is 2.56. The molecule has 2 fully saturated rings. The van der Waals surface area contributed by atoms with Gasteiger partial charge in [-0.05, 0) is 38.3 Å². The van der Waals surface area contributed by atoms with Crippen molar-refractivity contribution in [2.75, 3.05) is 20.1 Å². The zero-order valence-corrected chi connectivity index (χ0v) is 9.67. The van der Waals surface area contributed by atoms with Gasteiger partial charge in [0, 0.05) is 6.54 Å². The molecular weight excluding hydrogens is 170 g/mol. The lowest BCUT2D eigenvalue weighted by molar-refractivity contribution is 0.300. The molecule has 1 nitrogen and oxygen atoms in total. The van der Waals surface area contributed by atoms with E-state index < -0.39 is 0 Å². The summed E-state index contributed by atoms with van der Waals surface area (Å²) in [6, 6.07) is 0. The molecule has 0 amide bonds. The summed E-state index contributed by atoms with van der Waals surface area (Å²) in [6.45, 7) is 2.72. The predicted octanol–water partition coefficient (Wildman–Crippen LogP) is 3.30. The largest absolute Gasteiger partial charge is 0.306 e. The summed E-state index contributed by atoms with van der Waals surface area (Å²) in [5, 5.41) is 0. The van der Waals surface area contributed by atoms with E-state index in [1.54, 1.807) is 0 Å². The highest BCUT2D eigenvalue weighted by Crippen LogP contribution is 2.42. The molecule has 1 saturated carbocycles. The van der Waals surface area contributed by atoms with Gasteiger partial charge in [-0.3, -0.25) is 0 Å². The highest BCUT2D eigenvalue weighted by molar-refractivity contribution is 4.87. The van der Waals surface area contributed by atoms with E-state index in [0.29, 0.717) is 0 Å². The second-order valence-corrected chi connectivity index (χ2v) is 5.43. The summed E-state index contributed by atoms with van der Waals surface area (Å²) in [5.74, 6) is 2.18. The Bertz CT molecular complexity index is 167. The smallest absolute Gasteiger partial charge is 0.000936 e. The summed E-state index contributed by atoms with van der Waals surface area (Å²) in [6.07, 6.45) is 11.9. The molecule has 1 aliphatic carbocycles. The molecule has 1 heteroatoms. The molecule has 82 valence electrons.